The van der Waals surface area contributed by atoms with Crippen LogP contribution in [-0.4, -0.2) is 17.5 Å². The van der Waals surface area contributed by atoms with Gasteiger partial charge in [-0.05, 0) is 66.9 Å². The van der Waals surface area contributed by atoms with Gasteiger partial charge in [0.05, 0.1) is 5.02 Å². The number of carbonyl (C=O) groups is 1. The van der Waals surface area contributed by atoms with E-state index in [1.165, 1.54) is 0 Å². The summed E-state index contributed by atoms with van der Waals surface area (Å²) in [6.45, 7) is 3.93. The number of oxazole rings is 1. The molecule has 0 atom stereocenters. The van der Waals surface area contributed by atoms with Crippen LogP contribution in [0, 0.1) is 13.8 Å². The Hall–Kier alpha value is -3.02. The smallest absolute Gasteiger partial charge is 0.262 e. The largest absolute Gasteiger partial charge is 0.484 e. The molecular formula is C24H20Cl2N2O3. The van der Waals surface area contributed by atoms with E-state index < -0.39 is 0 Å². The number of hydrogen-bond acceptors (Lipinski definition) is 4. The molecule has 5 nitrogen and oxygen atoms in total. The molecule has 0 fully saturated rings. The predicted octanol–water partition coefficient (Wildman–Crippen LogP) is 6.36. The Morgan fingerprint density at radius 3 is 2.45 bits per heavy atom. The summed E-state index contributed by atoms with van der Waals surface area (Å²) in [7, 11) is 0. The van der Waals surface area contributed by atoms with Gasteiger partial charge in [0, 0.05) is 17.1 Å². The van der Waals surface area contributed by atoms with Gasteiger partial charge in [0.25, 0.3) is 5.91 Å². The minimum absolute atomic E-state index is 0.0587. The Bertz CT molecular complexity index is 1230. The van der Waals surface area contributed by atoms with Gasteiger partial charge in [0.15, 0.2) is 18.1 Å². The number of amides is 1. The number of aromatic nitrogens is 1. The molecule has 0 bridgehead atoms. The van der Waals surface area contributed by atoms with Crippen molar-refractivity contribution in [3.8, 4) is 5.75 Å². The maximum absolute atomic E-state index is 12.2. The highest BCUT2D eigenvalue weighted by Gasteiger charge is 2.11. The van der Waals surface area contributed by atoms with Crippen molar-refractivity contribution in [1.29, 1.82) is 0 Å². The van der Waals surface area contributed by atoms with E-state index in [1.807, 2.05) is 50.2 Å². The minimum atomic E-state index is -0.225. The first kappa shape index (κ1) is 21.2. The Labute approximate surface area is 189 Å². The van der Waals surface area contributed by atoms with Crippen LogP contribution in [-0.2, 0) is 11.2 Å². The number of aryl methyl sites for hydroxylation is 2. The van der Waals surface area contributed by atoms with Crippen LogP contribution in [0.3, 0.4) is 0 Å². The zero-order valence-electron chi connectivity index (χ0n) is 17.0. The number of hydrogen-bond donors (Lipinski definition) is 1. The van der Waals surface area contributed by atoms with Crippen LogP contribution < -0.4 is 10.1 Å². The molecule has 0 radical (unpaired) electrons. The third-order valence-corrected chi connectivity index (χ3v) is 5.11. The van der Waals surface area contributed by atoms with Crippen molar-refractivity contribution >= 4 is 45.9 Å². The Morgan fingerprint density at radius 2 is 1.74 bits per heavy atom. The number of halogens is 2. The number of nitrogens with zero attached hydrogens (tertiary/aromatic N) is 1. The molecule has 3 aromatic carbocycles. The van der Waals surface area contributed by atoms with Crippen LogP contribution in [0.15, 0.2) is 59.0 Å². The normalized spacial score (nSPS) is 11.0. The molecule has 1 heterocycles. The van der Waals surface area contributed by atoms with E-state index in [-0.39, 0.29) is 12.5 Å². The highest BCUT2D eigenvalue weighted by Crippen LogP contribution is 2.29. The molecule has 0 aliphatic heterocycles. The predicted molar refractivity (Wildman–Crippen MR) is 123 cm³/mol. The van der Waals surface area contributed by atoms with E-state index in [9.17, 15) is 4.79 Å². The molecular weight excluding hydrogens is 435 g/mol. The van der Waals surface area contributed by atoms with Gasteiger partial charge in [-0.15, -0.1) is 0 Å². The average molecular weight is 455 g/mol. The number of rotatable bonds is 6. The fourth-order valence-corrected chi connectivity index (χ4v) is 3.85. The quantitative estimate of drug-likeness (QED) is 0.368. The van der Waals surface area contributed by atoms with Crippen molar-refractivity contribution in [1.82, 2.24) is 4.98 Å². The lowest BCUT2D eigenvalue weighted by Crippen LogP contribution is -2.20. The van der Waals surface area contributed by atoms with Crippen molar-refractivity contribution in [3.05, 3.63) is 87.2 Å². The fourth-order valence-electron chi connectivity index (χ4n) is 3.32. The molecule has 4 rings (SSSR count). The number of fused-ring (bicyclic) bond motifs is 1. The molecule has 0 saturated heterocycles. The lowest BCUT2D eigenvalue weighted by Gasteiger charge is -2.09. The van der Waals surface area contributed by atoms with Gasteiger partial charge in [-0.3, -0.25) is 4.79 Å². The maximum atomic E-state index is 12.2. The van der Waals surface area contributed by atoms with Crippen LogP contribution in [0.5, 0.6) is 5.75 Å². The van der Waals surface area contributed by atoms with E-state index in [4.69, 9.17) is 32.4 Å². The summed E-state index contributed by atoms with van der Waals surface area (Å²) in [5.74, 6) is 0.998. The van der Waals surface area contributed by atoms with Crippen molar-refractivity contribution in [2.75, 3.05) is 11.9 Å². The maximum Gasteiger partial charge on any atom is 0.262 e. The molecule has 1 amide bonds. The van der Waals surface area contributed by atoms with E-state index in [2.05, 4.69) is 16.4 Å². The summed E-state index contributed by atoms with van der Waals surface area (Å²) in [5, 5.41) is 3.78. The third-order valence-electron chi connectivity index (χ3n) is 4.61. The third kappa shape index (κ3) is 5.37. The van der Waals surface area contributed by atoms with Crippen molar-refractivity contribution in [2.24, 2.45) is 0 Å². The summed E-state index contributed by atoms with van der Waals surface area (Å²) in [4.78, 5) is 16.7. The Balaban J connectivity index is 1.35. The first-order valence-corrected chi connectivity index (χ1v) is 10.5. The lowest BCUT2D eigenvalue weighted by molar-refractivity contribution is -0.118. The van der Waals surface area contributed by atoms with E-state index in [1.54, 1.807) is 12.1 Å². The number of benzene rings is 3. The zero-order valence-corrected chi connectivity index (χ0v) is 18.6. The highest BCUT2D eigenvalue weighted by molar-refractivity contribution is 6.37. The van der Waals surface area contributed by atoms with Gasteiger partial charge in [0.2, 0.25) is 0 Å². The molecule has 7 heteroatoms. The first-order chi connectivity index (χ1) is 14.9. The molecule has 31 heavy (non-hydrogen) atoms. The van der Waals surface area contributed by atoms with Gasteiger partial charge < -0.3 is 14.5 Å². The number of ether oxygens (including phenoxy) is 1. The summed E-state index contributed by atoms with van der Waals surface area (Å²) in [6, 6.07) is 16.7. The van der Waals surface area contributed by atoms with E-state index in [0.29, 0.717) is 44.9 Å². The zero-order chi connectivity index (χ0) is 22.0. The van der Waals surface area contributed by atoms with Crippen molar-refractivity contribution in [3.63, 3.8) is 0 Å². The van der Waals surface area contributed by atoms with Crippen LogP contribution in [0.25, 0.3) is 11.1 Å². The highest BCUT2D eigenvalue weighted by atomic mass is 35.5. The van der Waals surface area contributed by atoms with Crippen LogP contribution in [0.1, 0.15) is 22.6 Å². The molecule has 0 spiro atoms. The fraction of sp³-hybridized carbons (Fsp3) is 0.167. The second-order valence-electron chi connectivity index (χ2n) is 7.38. The van der Waals surface area contributed by atoms with E-state index >= 15 is 0 Å². The minimum Gasteiger partial charge on any atom is -0.484 e. The lowest BCUT2D eigenvalue weighted by atomic mass is 10.1. The Kier molecular flexibility index (Phi) is 6.16. The molecule has 0 saturated carbocycles. The molecule has 0 aliphatic rings. The summed E-state index contributed by atoms with van der Waals surface area (Å²) in [6.07, 6.45) is 0.493. The monoisotopic (exact) mass is 454 g/mol. The SMILES string of the molecule is Cc1cc(C)cc(OCC(=O)Nc2ccc(Cc3nc4cc(Cl)cc(Cl)c4o3)cc2)c1. The average Bonchev–Trinajstić information content (AvgIpc) is 3.10. The second kappa shape index (κ2) is 9.00. The molecule has 4 aromatic rings. The van der Waals surface area contributed by atoms with Gasteiger partial charge in [0.1, 0.15) is 11.3 Å². The van der Waals surface area contributed by atoms with Gasteiger partial charge in [-0.1, -0.05) is 41.4 Å². The van der Waals surface area contributed by atoms with Gasteiger partial charge >= 0.3 is 0 Å². The molecule has 0 aliphatic carbocycles. The summed E-state index contributed by atoms with van der Waals surface area (Å²) in [5.41, 5.74) is 5.00. The van der Waals surface area contributed by atoms with Crippen molar-refractivity contribution in [2.45, 2.75) is 20.3 Å². The van der Waals surface area contributed by atoms with Crippen LogP contribution in [0.2, 0.25) is 10.0 Å². The van der Waals surface area contributed by atoms with Crippen LogP contribution >= 0.6 is 23.2 Å². The number of nitrogens with one attached hydrogen (secondary N) is 1. The molecule has 1 N–H and O–H groups in total. The second-order valence-corrected chi connectivity index (χ2v) is 8.22. The van der Waals surface area contributed by atoms with E-state index in [0.717, 1.165) is 16.7 Å². The van der Waals surface area contributed by atoms with Crippen molar-refractivity contribution < 1.29 is 13.9 Å². The molecule has 0 unspecified atom stereocenters. The first-order valence-electron chi connectivity index (χ1n) is 9.70. The van der Waals surface area contributed by atoms with Crippen LogP contribution in [0.4, 0.5) is 5.69 Å². The molecule has 1 aromatic heterocycles. The number of anilines is 1. The number of carbonyl (C=O) groups excluding carboxylic acids is 1. The topological polar surface area (TPSA) is 64.4 Å². The standard InChI is InChI=1S/C24H20Cl2N2O3/c1-14-7-15(2)9-19(8-14)30-13-22(29)27-18-5-3-16(4-6-18)10-23-28-21-12-17(25)11-20(26)24(21)31-23/h3-9,11-12H,10,13H2,1-2H3,(H,27,29). The summed E-state index contributed by atoms with van der Waals surface area (Å²) < 4.78 is 11.4. The van der Waals surface area contributed by atoms with Gasteiger partial charge in [-0.25, -0.2) is 4.98 Å². The Morgan fingerprint density at radius 1 is 1.03 bits per heavy atom. The summed E-state index contributed by atoms with van der Waals surface area (Å²) >= 11 is 12.2. The van der Waals surface area contributed by atoms with Gasteiger partial charge in [-0.2, -0.15) is 0 Å². The molecule has 158 valence electrons.